The van der Waals surface area contributed by atoms with Crippen LogP contribution >= 0.6 is 28.3 Å². The van der Waals surface area contributed by atoms with Crippen LogP contribution in [0, 0.1) is 0 Å². The van der Waals surface area contributed by atoms with Crippen LogP contribution in [0.5, 0.6) is 0 Å². The number of alkyl carbamates (subject to hydrolysis) is 1. The smallest absolute Gasteiger partial charge is 0.407 e. The van der Waals surface area contributed by atoms with Crippen molar-refractivity contribution in [2.24, 2.45) is 0 Å². The zero-order valence-electron chi connectivity index (χ0n) is 8.39. The summed E-state index contributed by atoms with van der Waals surface area (Å²) in [6.45, 7) is 0. The number of nitrogens with one attached hydrogen (secondary N) is 1. The van der Waals surface area contributed by atoms with Gasteiger partial charge < -0.3 is 10.1 Å². The van der Waals surface area contributed by atoms with Gasteiger partial charge in [0.15, 0.2) is 0 Å². The van der Waals surface area contributed by atoms with Crippen molar-refractivity contribution in [2.75, 3.05) is 7.11 Å². The summed E-state index contributed by atoms with van der Waals surface area (Å²) >= 11 is 11.2. The molecule has 0 saturated heterocycles. The number of ether oxygens (including phenoxy) is 1. The molecule has 0 spiro atoms. The van der Waals surface area contributed by atoms with E-state index in [1.54, 1.807) is 30.3 Å². The van der Waals surface area contributed by atoms with Gasteiger partial charge in [-0.15, -0.1) is 0 Å². The molecule has 0 unspecified atom stereocenters. The first-order valence-corrected chi connectivity index (χ1v) is 7.92. The van der Waals surface area contributed by atoms with Crippen molar-refractivity contribution >= 4 is 34.4 Å². The van der Waals surface area contributed by atoms with E-state index < -0.39 is 17.7 Å². The number of hydrogen-bond donors (Lipinski definition) is 1. The molecule has 0 heterocycles. The highest BCUT2D eigenvalue weighted by molar-refractivity contribution is 8.08. The Labute approximate surface area is 103 Å². The van der Waals surface area contributed by atoms with Gasteiger partial charge in [0.05, 0.1) is 7.11 Å². The van der Waals surface area contributed by atoms with Crippen LogP contribution in [0.25, 0.3) is 0 Å². The Morgan fingerprint density at radius 1 is 1.38 bits per heavy atom. The lowest BCUT2D eigenvalue weighted by Crippen LogP contribution is -2.26. The van der Waals surface area contributed by atoms with Crippen molar-refractivity contribution in [1.29, 1.82) is 0 Å². The quantitative estimate of drug-likeness (QED) is 0.860. The van der Waals surface area contributed by atoms with Gasteiger partial charge in [-0.2, -0.15) is 0 Å². The molecule has 1 rings (SSSR count). The van der Waals surface area contributed by atoms with Crippen LogP contribution in [0.2, 0.25) is 0 Å². The van der Waals surface area contributed by atoms with Gasteiger partial charge in [0.2, 0.25) is 0 Å². The fourth-order valence-corrected chi connectivity index (χ4v) is 2.88. The highest BCUT2D eigenvalue weighted by Gasteiger charge is 2.31. The predicted molar refractivity (Wildman–Crippen MR) is 64.0 cm³/mol. The molecule has 1 atom stereocenters. The van der Waals surface area contributed by atoms with Crippen LogP contribution in [0.3, 0.4) is 0 Å². The van der Waals surface area contributed by atoms with Crippen LogP contribution in [0.1, 0.15) is 11.3 Å². The standard InChI is InChI=1S/C9H10Cl2NO3P/c1-15-9(13)12-8(16(10,11)14)7-5-3-2-4-6-7/h2-6,8H,1H3,(H,12,13)/t8-/m0/s1. The molecule has 0 fully saturated rings. The average molecular weight is 282 g/mol. The summed E-state index contributed by atoms with van der Waals surface area (Å²) in [6, 6.07) is 8.57. The Kier molecular flexibility index (Phi) is 4.66. The molecule has 0 bridgehead atoms. The molecule has 0 aliphatic heterocycles. The molecule has 1 N–H and O–H groups in total. The third kappa shape index (κ3) is 3.71. The lowest BCUT2D eigenvalue weighted by Gasteiger charge is -2.18. The lowest BCUT2D eigenvalue weighted by atomic mass is 10.2. The van der Waals surface area contributed by atoms with Crippen LogP contribution in [-0.4, -0.2) is 13.2 Å². The van der Waals surface area contributed by atoms with Crippen molar-refractivity contribution in [3.05, 3.63) is 35.9 Å². The molecule has 0 aliphatic rings. The second-order valence-corrected chi connectivity index (χ2v) is 8.01. The molecule has 1 aromatic carbocycles. The van der Waals surface area contributed by atoms with E-state index in [1.165, 1.54) is 7.11 Å². The Morgan fingerprint density at radius 2 is 1.94 bits per heavy atom. The fourth-order valence-electron chi connectivity index (χ4n) is 1.14. The number of hydrogen-bond acceptors (Lipinski definition) is 3. The molecule has 7 heteroatoms. The third-order valence-electron chi connectivity index (χ3n) is 1.86. The zero-order chi connectivity index (χ0) is 12.2. The van der Waals surface area contributed by atoms with E-state index in [9.17, 15) is 9.36 Å². The lowest BCUT2D eigenvalue weighted by molar-refractivity contribution is 0.170. The van der Waals surface area contributed by atoms with Crippen molar-refractivity contribution in [2.45, 2.75) is 5.78 Å². The summed E-state index contributed by atoms with van der Waals surface area (Å²) < 4.78 is 16.0. The van der Waals surface area contributed by atoms with Crippen molar-refractivity contribution in [1.82, 2.24) is 5.32 Å². The zero-order valence-corrected chi connectivity index (χ0v) is 10.8. The number of halogens is 2. The van der Waals surface area contributed by atoms with E-state index in [2.05, 4.69) is 10.1 Å². The molecule has 1 amide bonds. The molecule has 0 aliphatic carbocycles. The van der Waals surface area contributed by atoms with E-state index >= 15 is 0 Å². The van der Waals surface area contributed by atoms with Gasteiger partial charge >= 0.3 is 6.09 Å². The van der Waals surface area contributed by atoms with Crippen LogP contribution in [0.15, 0.2) is 30.3 Å². The summed E-state index contributed by atoms with van der Waals surface area (Å²) in [7, 11) is 1.20. The topological polar surface area (TPSA) is 55.4 Å². The second kappa shape index (κ2) is 5.58. The van der Waals surface area contributed by atoms with E-state index in [1.807, 2.05) is 0 Å². The normalized spacial score (nSPS) is 12.9. The van der Waals surface area contributed by atoms with Crippen molar-refractivity contribution in [3.8, 4) is 0 Å². The van der Waals surface area contributed by atoms with Crippen LogP contribution < -0.4 is 5.32 Å². The van der Waals surface area contributed by atoms with Gasteiger partial charge in [-0.1, -0.05) is 30.3 Å². The maximum absolute atomic E-state index is 11.6. The Bertz CT molecular complexity index is 406. The summed E-state index contributed by atoms with van der Waals surface area (Å²) in [5.74, 6) is -4.50. The maximum Gasteiger partial charge on any atom is 0.407 e. The average Bonchev–Trinajstić information content (AvgIpc) is 2.25. The van der Waals surface area contributed by atoms with Gasteiger partial charge in [-0.3, -0.25) is 4.57 Å². The molecule has 0 radical (unpaired) electrons. The number of carbonyl (C=O) groups is 1. The molecule has 88 valence electrons. The molecular formula is C9H10Cl2NO3P. The van der Waals surface area contributed by atoms with Gasteiger partial charge in [0, 0.05) is 0 Å². The molecular weight excluding hydrogens is 272 g/mol. The van der Waals surface area contributed by atoms with Crippen LogP contribution in [0.4, 0.5) is 4.79 Å². The number of methoxy groups -OCH3 is 1. The first-order valence-electron chi connectivity index (χ1n) is 4.33. The highest BCUT2D eigenvalue weighted by Crippen LogP contribution is 2.66. The van der Waals surface area contributed by atoms with Crippen molar-refractivity contribution in [3.63, 3.8) is 0 Å². The molecule has 4 nitrogen and oxygen atoms in total. The first kappa shape index (κ1) is 13.4. The Balaban J connectivity index is 2.98. The molecule has 0 saturated carbocycles. The highest BCUT2D eigenvalue weighted by atomic mass is 35.9. The van der Waals surface area contributed by atoms with Gasteiger partial charge in [-0.05, 0) is 28.0 Å². The summed E-state index contributed by atoms with van der Waals surface area (Å²) in [6.07, 6.45) is -0.740. The number of benzene rings is 1. The Hall–Kier alpha value is -0.700. The van der Waals surface area contributed by atoms with Crippen molar-refractivity contribution < 1.29 is 14.1 Å². The number of amides is 1. The van der Waals surface area contributed by atoms with E-state index in [-0.39, 0.29) is 0 Å². The second-order valence-electron chi connectivity index (χ2n) is 2.95. The largest absolute Gasteiger partial charge is 0.453 e. The molecule has 16 heavy (non-hydrogen) atoms. The monoisotopic (exact) mass is 281 g/mol. The van der Waals surface area contributed by atoms with Gasteiger partial charge in [0.1, 0.15) is 5.78 Å². The summed E-state index contributed by atoms with van der Waals surface area (Å²) in [5.41, 5.74) is 0.557. The maximum atomic E-state index is 11.6. The van der Waals surface area contributed by atoms with E-state index in [4.69, 9.17) is 22.5 Å². The minimum atomic E-state index is -3.53. The SMILES string of the molecule is COC(=O)N[C@H](c1ccccc1)P(=O)(Cl)Cl. The number of carbonyl (C=O) groups excluding carboxylic acids is 1. The molecule has 0 aromatic heterocycles. The van der Waals surface area contributed by atoms with Gasteiger partial charge in [0.25, 0.3) is 5.85 Å². The fraction of sp³-hybridized carbons (Fsp3) is 0.222. The Morgan fingerprint density at radius 3 is 2.38 bits per heavy atom. The minimum absolute atomic E-state index is 0.557. The van der Waals surface area contributed by atoms with E-state index in [0.29, 0.717) is 5.56 Å². The van der Waals surface area contributed by atoms with Gasteiger partial charge in [-0.25, -0.2) is 4.79 Å². The summed E-state index contributed by atoms with van der Waals surface area (Å²) in [5, 5.41) is 2.33. The summed E-state index contributed by atoms with van der Waals surface area (Å²) in [4.78, 5) is 11.1. The number of rotatable bonds is 3. The first-order chi connectivity index (χ1) is 7.45. The molecule has 1 aromatic rings. The van der Waals surface area contributed by atoms with E-state index in [0.717, 1.165) is 0 Å². The van der Waals surface area contributed by atoms with Crippen LogP contribution in [-0.2, 0) is 9.30 Å². The minimum Gasteiger partial charge on any atom is -0.453 e. The third-order valence-corrected chi connectivity index (χ3v) is 4.06. The predicted octanol–water partition coefficient (Wildman–Crippen LogP) is 3.71.